The normalized spacial score (nSPS) is 46.0. The first kappa shape index (κ1) is 18.5. The maximum atomic E-state index is 10.2. The molecule has 6 nitrogen and oxygen atoms in total. The first-order valence-corrected chi connectivity index (χ1v) is 9.57. The predicted octanol–water partition coefficient (Wildman–Crippen LogP) is 1.55. The maximum absolute atomic E-state index is 10.2. The first-order valence-electron chi connectivity index (χ1n) is 9.57. The van der Waals surface area contributed by atoms with Gasteiger partial charge in [-0.3, -0.25) is 0 Å². The van der Waals surface area contributed by atoms with Crippen LogP contribution in [0, 0.1) is 11.8 Å². The fourth-order valence-corrected chi connectivity index (χ4v) is 4.35. The van der Waals surface area contributed by atoms with Gasteiger partial charge in [-0.2, -0.15) is 0 Å². The standard InChI is InChI=1S/C18H32O6/c1-2-3-4-5-11-6-8-12(9-7-11)18-23-15-14(20)13(10-19)22-17(21)16(15)24-18/h11-21H,2-10H2,1H3. The Labute approximate surface area is 144 Å². The van der Waals surface area contributed by atoms with Crippen molar-refractivity contribution in [2.75, 3.05) is 6.61 Å². The van der Waals surface area contributed by atoms with Crippen LogP contribution in [-0.4, -0.2) is 58.9 Å². The quantitative estimate of drug-likeness (QED) is 0.634. The van der Waals surface area contributed by atoms with E-state index in [4.69, 9.17) is 14.2 Å². The van der Waals surface area contributed by atoms with Crippen LogP contribution in [0.5, 0.6) is 0 Å². The third-order valence-electron chi connectivity index (χ3n) is 5.89. The van der Waals surface area contributed by atoms with Crippen LogP contribution in [0.2, 0.25) is 0 Å². The average Bonchev–Trinajstić information content (AvgIpc) is 3.05. The van der Waals surface area contributed by atoms with E-state index in [0.717, 1.165) is 18.8 Å². The fraction of sp³-hybridized carbons (Fsp3) is 1.00. The molecule has 6 heteroatoms. The molecule has 2 heterocycles. The largest absolute Gasteiger partial charge is 0.394 e. The van der Waals surface area contributed by atoms with Gasteiger partial charge in [0.1, 0.15) is 24.4 Å². The van der Waals surface area contributed by atoms with Crippen LogP contribution in [0.1, 0.15) is 58.3 Å². The van der Waals surface area contributed by atoms with Gasteiger partial charge in [-0.15, -0.1) is 0 Å². The highest BCUT2D eigenvalue weighted by Crippen LogP contribution is 2.40. The van der Waals surface area contributed by atoms with Crippen LogP contribution in [0.3, 0.4) is 0 Å². The second-order valence-corrected chi connectivity index (χ2v) is 7.58. The molecular weight excluding hydrogens is 312 g/mol. The van der Waals surface area contributed by atoms with Crippen molar-refractivity contribution in [3.63, 3.8) is 0 Å². The smallest absolute Gasteiger partial charge is 0.184 e. The van der Waals surface area contributed by atoms with Crippen molar-refractivity contribution in [3.05, 3.63) is 0 Å². The zero-order valence-electron chi connectivity index (χ0n) is 14.5. The molecule has 0 spiro atoms. The summed E-state index contributed by atoms with van der Waals surface area (Å²) in [6, 6.07) is 0. The Kier molecular flexibility index (Phi) is 6.51. The zero-order chi connectivity index (χ0) is 17.1. The number of rotatable bonds is 6. The van der Waals surface area contributed by atoms with Gasteiger partial charge in [0.05, 0.1) is 6.61 Å². The third kappa shape index (κ3) is 3.94. The Morgan fingerprint density at radius 3 is 2.29 bits per heavy atom. The summed E-state index contributed by atoms with van der Waals surface area (Å²) >= 11 is 0. The van der Waals surface area contributed by atoms with Gasteiger partial charge < -0.3 is 29.5 Å². The summed E-state index contributed by atoms with van der Waals surface area (Å²) < 4.78 is 17.0. The summed E-state index contributed by atoms with van der Waals surface area (Å²) in [5, 5.41) is 29.5. The number of ether oxygens (including phenoxy) is 3. The topological polar surface area (TPSA) is 88.4 Å². The molecule has 2 saturated heterocycles. The van der Waals surface area contributed by atoms with E-state index in [2.05, 4.69) is 6.92 Å². The zero-order valence-corrected chi connectivity index (χ0v) is 14.5. The van der Waals surface area contributed by atoms with Crippen molar-refractivity contribution in [1.29, 1.82) is 0 Å². The van der Waals surface area contributed by atoms with Crippen molar-refractivity contribution < 1.29 is 29.5 Å². The molecule has 24 heavy (non-hydrogen) atoms. The molecule has 0 aromatic carbocycles. The lowest BCUT2D eigenvalue weighted by molar-refractivity contribution is -0.262. The summed E-state index contributed by atoms with van der Waals surface area (Å²) in [7, 11) is 0. The van der Waals surface area contributed by atoms with E-state index in [1.807, 2.05) is 0 Å². The molecule has 3 fully saturated rings. The van der Waals surface area contributed by atoms with Gasteiger partial charge >= 0.3 is 0 Å². The van der Waals surface area contributed by atoms with Gasteiger partial charge in [-0.1, -0.05) is 32.6 Å². The van der Waals surface area contributed by atoms with Crippen molar-refractivity contribution in [1.82, 2.24) is 0 Å². The predicted molar refractivity (Wildman–Crippen MR) is 87.1 cm³/mol. The molecule has 140 valence electrons. The fourth-order valence-electron chi connectivity index (χ4n) is 4.35. The number of fused-ring (bicyclic) bond motifs is 1. The molecule has 0 aromatic heterocycles. The maximum Gasteiger partial charge on any atom is 0.184 e. The molecule has 2 aliphatic heterocycles. The summed E-state index contributed by atoms with van der Waals surface area (Å²) in [4.78, 5) is 0. The van der Waals surface area contributed by atoms with Crippen molar-refractivity contribution >= 4 is 0 Å². The highest BCUT2D eigenvalue weighted by molar-refractivity contribution is 4.95. The Morgan fingerprint density at radius 2 is 1.62 bits per heavy atom. The molecule has 1 saturated carbocycles. The van der Waals surface area contributed by atoms with Gasteiger partial charge in [-0.05, 0) is 31.6 Å². The summed E-state index contributed by atoms with van der Waals surface area (Å²) in [6.45, 7) is 1.89. The number of hydrogen-bond acceptors (Lipinski definition) is 6. The minimum atomic E-state index is -1.16. The van der Waals surface area contributed by atoms with Crippen LogP contribution in [-0.2, 0) is 14.2 Å². The Bertz CT molecular complexity index is 384. The van der Waals surface area contributed by atoms with Crippen molar-refractivity contribution in [2.24, 2.45) is 11.8 Å². The lowest BCUT2D eigenvalue weighted by atomic mass is 9.79. The molecule has 3 aliphatic rings. The van der Waals surface area contributed by atoms with E-state index in [9.17, 15) is 15.3 Å². The first-order chi connectivity index (χ1) is 11.6. The monoisotopic (exact) mass is 344 g/mol. The number of aliphatic hydroxyl groups excluding tert-OH is 3. The van der Waals surface area contributed by atoms with Crippen molar-refractivity contribution in [3.8, 4) is 0 Å². The van der Waals surface area contributed by atoms with E-state index in [0.29, 0.717) is 5.92 Å². The summed E-state index contributed by atoms with van der Waals surface area (Å²) in [5.41, 5.74) is 0. The number of hydrogen-bond donors (Lipinski definition) is 3. The second kappa shape index (κ2) is 8.43. The molecule has 1 aliphatic carbocycles. The van der Waals surface area contributed by atoms with Crippen LogP contribution in [0.25, 0.3) is 0 Å². The molecular formula is C18H32O6. The molecule has 3 rings (SSSR count). The van der Waals surface area contributed by atoms with Crippen LogP contribution in [0.15, 0.2) is 0 Å². The number of aliphatic hydroxyl groups is 3. The summed E-state index contributed by atoms with van der Waals surface area (Å²) in [6.07, 6.45) is 5.13. The Morgan fingerprint density at radius 1 is 0.917 bits per heavy atom. The van der Waals surface area contributed by atoms with E-state index < -0.39 is 30.7 Å². The van der Waals surface area contributed by atoms with Gasteiger partial charge in [0.15, 0.2) is 12.6 Å². The van der Waals surface area contributed by atoms with E-state index in [-0.39, 0.29) is 12.9 Å². The van der Waals surface area contributed by atoms with E-state index in [1.54, 1.807) is 0 Å². The molecule has 0 bridgehead atoms. The molecule has 3 N–H and O–H groups in total. The molecule has 6 unspecified atom stereocenters. The van der Waals surface area contributed by atoms with Crippen LogP contribution >= 0.6 is 0 Å². The van der Waals surface area contributed by atoms with E-state index >= 15 is 0 Å². The van der Waals surface area contributed by atoms with Crippen molar-refractivity contribution in [2.45, 2.75) is 95.3 Å². The highest BCUT2D eigenvalue weighted by Gasteiger charge is 2.53. The summed E-state index contributed by atoms with van der Waals surface area (Å²) in [5.74, 6) is 1.12. The lowest BCUT2D eigenvalue weighted by Crippen LogP contribution is -2.57. The SMILES string of the molecule is CCCCCC1CCC(C2OC3C(O)OC(CO)C(O)C3O2)CC1. The van der Waals surface area contributed by atoms with Gasteiger partial charge in [0, 0.05) is 5.92 Å². The Balaban J connectivity index is 1.49. The van der Waals surface area contributed by atoms with Crippen LogP contribution < -0.4 is 0 Å². The Hall–Kier alpha value is -0.240. The van der Waals surface area contributed by atoms with Gasteiger partial charge in [0.2, 0.25) is 0 Å². The molecule has 0 radical (unpaired) electrons. The van der Waals surface area contributed by atoms with Gasteiger partial charge in [0.25, 0.3) is 0 Å². The molecule has 0 aromatic rings. The lowest BCUT2D eigenvalue weighted by Gasteiger charge is -2.36. The van der Waals surface area contributed by atoms with Crippen LogP contribution in [0.4, 0.5) is 0 Å². The minimum absolute atomic E-state index is 0.310. The number of unbranched alkanes of at least 4 members (excludes halogenated alkanes) is 2. The molecule has 0 amide bonds. The minimum Gasteiger partial charge on any atom is -0.394 e. The third-order valence-corrected chi connectivity index (χ3v) is 5.89. The van der Waals surface area contributed by atoms with Gasteiger partial charge in [-0.25, -0.2) is 0 Å². The molecule has 6 atom stereocenters. The van der Waals surface area contributed by atoms with E-state index in [1.165, 1.54) is 38.5 Å². The average molecular weight is 344 g/mol. The second-order valence-electron chi connectivity index (χ2n) is 7.58. The highest BCUT2D eigenvalue weighted by atomic mass is 16.8.